The molecule has 1 fully saturated rings. The molecule has 16 heavy (non-hydrogen) atoms. The van der Waals surface area contributed by atoms with E-state index in [1.54, 1.807) is 0 Å². The van der Waals surface area contributed by atoms with E-state index in [0.29, 0.717) is 6.04 Å². The SMILES string of the molecule is CCC1(CC)CC(n2cc[nH]c2=S)CCO1. The fourth-order valence-electron chi connectivity index (χ4n) is 2.60. The second kappa shape index (κ2) is 4.72. The van der Waals surface area contributed by atoms with Gasteiger partial charge in [0.2, 0.25) is 0 Å². The molecule has 90 valence electrons. The third kappa shape index (κ3) is 2.09. The Hall–Kier alpha value is -0.610. The predicted octanol–water partition coefficient (Wildman–Crippen LogP) is 3.46. The van der Waals surface area contributed by atoms with Crippen LogP contribution in [0.25, 0.3) is 0 Å². The summed E-state index contributed by atoms with van der Waals surface area (Å²) in [6, 6.07) is 0.493. The van der Waals surface area contributed by atoms with E-state index in [1.165, 1.54) is 0 Å². The first-order chi connectivity index (χ1) is 7.71. The van der Waals surface area contributed by atoms with Crippen molar-refractivity contribution in [1.82, 2.24) is 9.55 Å². The van der Waals surface area contributed by atoms with E-state index in [-0.39, 0.29) is 5.60 Å². The Morgan fingerprint density at radius 2 is 2.31 bits per heavy atom. The highest BCUT2D eigenvalue weighted by molar-refractivity contribution is 7.71. The molecular weight excluding hydrogens is 220 g/mol. The van der Waals surface area contributed by atoms with Crippen LogP contribution in [0.3, 0.4) is 0 Å². The maximum Gasteiger partial charge on any atom is 0.177 e. The Morgan fingerprint density at radius 3 is 2.88 bits per heavy atom. The van der Waals surface area contributed by atoms with Gasteiger partial charge in [-0.25, -0.2) is 0 Å². The Labute approximate surface area is 102 Å². The van der Waals surface area contributed by atoms with Crippen LogP contribution in [-0.2, 0) is 4.74 Å². The molecule has 0 bridgehead atoms. The van der Waals surface area contributed by atoms with Crippen molar-refractivity contribution in [3.63, 3.8) is 0 Å². The molecule has 3 nitrogen and oxygen atoms in total. The minimum atomic E-state index is 0.0644. The summed E-state index contributed by atoms with van der Waals surface area (Å²) in [7, 11) is 0. The van der Waals surface area contributed by atoms with Gasteiger partial charge in [-0.3, -0.25) is 0 Å². The molecule has 1 atom stereocenters. The first-order valence-electron chi connectivity index (χ1n) is 6.10. The molecule has 1 unspecified atom stereocenters. The van der Waals surface area contributed by atoms with Crippen molar-refractivity contribution >= 4 is 12.2 Å². The van der Waals surface area contributed by atoms with Gasteiger partial charge < -0.3 is 14.3 Å². The van der Waals surface area contributed by atoms with Crippen molar-refractivity contribution in [1.29, 1.82) is 0 Å². The monoisotopic (exact) mass is 240 g/mol. The summed E-state index contributed by atoms with van der Waals surface area (Å²) in [5.74, 6) is 0. The average Bonchev–Trinajstić information content (AvgIpc) is 2.75. The van der Waals surface area contributed by atoms with Crippen molar-refractivity contribution in [2.75, 3.05) is 6.61 Å². The molecule has 2 rings (SSSR count). The average molecular weight is 240 g/mol. The molecule has 1 aromatic rings. The number of hydrogen-bond donors (Lipinski definition) is 1. The summed E-state index contributed by atoms with van der Waals surface area (Å²) in [5, 5.41) is 0. The predicted molar refractivity (Wildman–Crippen MR) is 67.2 cm³/mol. The van der Waals surface area contributed by atoms with Gasteiger partial charge in [0.05, 0.1) is 5.60 Å². The van der Waals surface area contributed by atoms with Crippen molar-refractivity contribution in [2.24, 2.45) is 0 Å². The second-order valence-electron chi connectivity index (χ2n) is 4.56. The van der Waals surface area contributed by atoms with Gasteiger partial charge in [-0.05, 0) is 37.9 Å². The zero-order valence-corrected chi connectivity index (χ0v) is 10.8. The largest absolute Gasteiger partial charge is 0.375 e. The third-order valence-electron chi connectivity index (χ3n) is 3.83. The molecule has 1 saturated heterocycles. The van der Waals surface area contributed by atoms with E-state index < -0.39 is 0 Å². The van der Waals surface area contributed by atoms with E-state index >= 15 is 0 Å². The van der Waals surface area contributed by atoms with Crippen LogP contribution >= 0.6 is 12.2 Å². The molecule has 2 heterocycles. The highest BCUT2D eigenvalue weighted by atomic mass is 32.1. The van der Waals surface area contributed by atoms with E-state index in [1.807, 2.05) is 6.20 Å². The summed E-state index contributed by atoms with van der Waals surface area (Å²) >= 11 is 5.28. The number of imidazole rings is 1. The van der Waals surface area contributed by atoms with Crippen LogP contribution in [0.15, 0.2) is 12.4 Å². The number of hydrogen-bond acceptors (Lipinski definition) is 2. The Kier molecular flexibility index (Phi) is 3.50. The highest BCUT2D eigenvalue weighted by Crippen LogP contribution is 2.37. The summed E-state index contributed by atoms with van der Waals surface area (Å²) < 4.78 is 8.98. The summed E-state index contributed by atoms with van der Waals surface area (Å²) in [5.41, 5.74) is 0.0644. The van der Waals surface area contributed by atoms with Crippen LogP contribution in [0.1, 0.15) is 45.6 Å². The number of nitrogens with zero attached hydrogens (tertiary/aromatic N) is 1. The minimum Gasteiger partial charge on any atom is -0.375 e. The summed E-state index contributed by atoms with van der Waals surface area (Å²) in [6.45, 7) is 5.27. The number of aromatic amines is 1. The fourth-order valence-corrected chi connectivity index (χ4v) is 2.88. The first kappa shape index (κ1) is 11.9. The molecule has 1 aromatic heterocycles. The van der Waals surface area contributed by atoms with Crippen LogP contribution < -0.4 is 0 Å². The lowest BCUT2D eigenvalue weighted by Gasteiger charge is -2.40. The van der Waals surface area contributed by atoms with Crippen molar-refractivity contribution in [2.45, 2.75) is 51.2 Å². The molecule has 4 heteroatoms. The molecule has 0 spiro atoms. The van der Waals surface area contributed by atoms with Crippen molar-refractivity contribution in [3.05, 3.63) is 17.2 Å². The van der Waals surface area contributed by atoms with Gasteiger partial charge in [-0.15, -0.1) is 0 Å². The number of rotatable bonds is 3. The molecule has 0 aliphatic carbocycles. The molecule has 0 radical (unpaired) electrons. The lowest BCUT2D eigenvalue weighted by molar-refractivity contribution is -0.0988. The van der Waals surface area contributed by atoms with Gasteiger partial charge in [0.15, 0.2) is 4.77 Å². The maximum absolute atomic E-state index is 5.97. The normalized spacial score (nSPS) is 24.5. The van der Waals surface area contributed by atoms with E-state index in [0.717, 1.165) is 37.1 Å². The van der Waals surface area contributed by atoms with E-state index in [4.69, 9.17) is 17.0 Å². The Balaban J connectivity index is 2.19. The Bertz CT molecular complexity index is 392. The first-order valence-corrected chi connectivity index (χ1v) is 6.51. The maximum atomic E-state index is 5.97. The van der Waals surface area contributed by atoms with Crippen molar-refractivity contribution in [3.8, 4) is 0 Å². The standard InChI is InChI=1S/C12H20N2OS/c1-3-12(4-2)9-10(5-8-15-12)14-7-6-13-11(14)16/h6-7,10H,3-5,8-9H2,1-2H3,(H,13,16). The summed E-state index contributed by atoms with van der Waals surface area (Å²) in [6.07, 6.45) is 8.27. The van der Waals surface area contributed by atoms with Gasteiger partial charge in [0.25, 0.3) is 0 Å². The van der Waals surface area contributed by atoms with Crippen molar-refractivity contribution < 1.29 is 4.74 Å². The number of H-pyrrole nitrogens is 1. The molecular formula is C12H20N2OS. The topological polar surface area (TPSA) is 29.9 Å². The van der Waals surface area contributed by atoms with E-state index in [9.17, 15) is 0 Å². The third-order valence-corrected chi connectivity index (χ3v) is 4.15. The molecule has 0 saturated carbocycles. The fraction of sp³-hybridized carbons (Fsp3) is 0.750. The van der Waals surface area contributed by atoms with Crippen LogP contribution in [0, 0.1) is 4.77 Å². The van der Waals surface area contributed by atoms with Gasteiger partial charge >= 0.3 is 0 Å². The Morgan fingerprint density at radius 1 is 1.56 bits per heavy atom. The molecule has 1 N–H and O–H groups in total. The molecule has 0 amide bonds. The van der Waals surface area contributed by atoms with Gasteiger partial charge in [-0.2, -0.15) is 0 Å². The van der Waals surface area contributed by atoms with Gasteiger partial charge in [-0.1, -0.05) is 13.8 Å². The summed E-state index contributed by atoms with van der Waals surface area (Å²) in [4.78, 5) is 3.07. The lowest BCUT2D eigenvalue weighted by atomic mass is 9.86. The molecule has 0 aromatic carbocycles. The van der Waals surface area contributed by atoms with E-state index in [2.05, 4.69) is 29.6 Å². The second-order valence-corrected chi connectivity index (χ2v) is 4.94. The van der Waals surface area contributed by atoms with Gasteiger partial charge in [0.1, 0.15) is 0 Å². The number of ether oxygens (including phenoxy) is 1. The minimum absolute atomic E-state index is 0.0644. The smallest absolute Gasteiger partial charge is 0.177 e. The molecule has 1 aliphatic rings. The lowest BCUT2D eigenvalue weighted by Crippen LogP contribution is -2.39. The zero-order valence-electron chi connectivity index (χ0n) is 10.0. The van der Waals surface area contributed by atoms with Crippen LogP contribution in [0.5, 0.6) is 0 Å². The number of aromatic nitrogens is 2. The van der Waals surface area contributed by atoms with Crippen LogP contribution in [0.2, 0.25) is 0 Å². The zero-order chi connectivity index (χ0) is 11.6. The van der Waals surface area contributed by atoms with Crippen LogP contribution in [0.4, 0.5) is 0 Å². The van der Waals surface area contributed by atoms with Gasteiger partial charge in [0, 0.05) is 25.0 Å². The highest BCUT2D eigenvalue weighted by Gasteiger charge is 2.35. The number of nitrogens with one attached hydrogen (secondary N) is 1. The molecule has 1 aliphatic heterocycles. The quantitative estimate of drug-likeness (QED) is 0.820. The van der Waals surface area contributed by atoms with Crippen LogP contribution in [-0.4, -0.2) is 21.8 Å².